The van der Waals surface area contributed by atoms with Crippen LogP contribution in [0.3, 0.4) is 0 Å². The maximum atomic E-state index is 12.5. The zero-order valence-corrected chi connectivity index (χ0v) is 15.3. The summed E-state index contributed by atoms with van der Waals surface area (Å²) >= 11 is 0. The van der Waals surface area contributed by atoms with E-state index in [9.17, 15) is 9.59 Å². The van der Waals surface area contributed by atoms with Crippen LogP contribution in [0.5, 0.6) is 0 Å². The number of nitrogens with zero attached hydrogens (tertiary/aromatic N) is 3. The predicted molar refractivity (Wildman–Crippen MR) is 101 cm³/mol. The van der Waals surface area contributed by atoms with E-state index >= 15 is 0 Å². The number of rotatable bonds is 5. The minimum atomic E-state index is -0.456. The molecule has 3 N–H and O–H groups in total. The molecule has 8 nitrogen and oxygen atoms in total. The van der Waals surface area contributed by atoms with Crippen LogP contribution in [0, 0.1) is 11.3 Å². The van der Waals surface area contributed by atoms with Gasteiger partial charge < -0.3 is 16.0 Å². The molecular formula is C19H24N6O2. The molecule has 27 heavy (non-hydrogen) atoms. The zero-order valence-electron chi connectivity index (χ0n) is 15.3. The third-order valence-electron chi connectivity index (χ3n) is 5.74. The summed E-state index contributed by atoms with van der Waals surface area (Å²) < 4.78 is 1.50. The third-order valence-corrected chi connectivity index (χ3v) is 5.74. The monoisotopic (exact) mass is 368 g/mol. The molecule has 1 aliphatic heterocycles. The summed E-state index contributed by atoms with van der Waals surface area (Å²) in [6.07, 6.45) is 6.07. The molecule has 1 saturated heterocycles. The Balaban J connectivity index is 1.31. The van der Waals surface area contributed by atoms with Crippen molar-refractivity contribution in [3.8, 4) is 0 Å². The standard InChI is InChI=1S/C19H24N6O2/c1-13(25-12-21-11-22-25)17(26)23-14-2-4-15(5-3-14)24-18(27)16-10-19(16)6-8-20-9-7-19/h2-5,11-13,16,20H,6-10H2,1H3,(H,23,26)(H,24,27). The molecule has 2 atom stereocenters. The van der Waals surface area contributed by atoms with E-state index in [1.807, 2.05) is 12.1 Å². The van der Waals surface area contributed by atoms with Crippen LogP contribution in [-0.2, 0) is 9.59 Å². The fraction of sp³-hybridized carbons (Fsp3) is 0.474. The Morgan fingerprint density at radius 3 is 2.48 bits per heavy atom. The minimum absolute atomic E-state index is 0.105. The SMILES string of the molecule is CC(C(=O)Nc1ccc(NC(=O)C2CC23CCNCC3)cc1)n1cncn1. The highest BCUT2D eigenvalue weighted by Gasteiger charge is 2.57. The van der Waals surface area contributed by atoms with Gasteiger partial charge in [0.25, 0.3) is 0 Å². The Morgan fingerprint density at radius 1 is 1.19 bits per heavy atom. The van der Waals surface area contributed by atoms with Gasteiger partial charge in [-0.2, -0.15) is 5.10 Å². The molecule has 2 aromatic rings. The lowest BCUT2D eigenvalue weighted by molar-refractivity contribution is -0.119. The summed E-state index contributed by atoms with van der Waals surface area (Å²) in [5.74, 6) is 0.0547. The third kappa shape index (κ3) is 3.71. The lowest BCUT2D eigenvalue weighted by Gasteiger charge is -2.23. The van der Waals surface area contributed by atoms with Crippen molar-refractivity contribution >= 4 is 23.2 Å². The zero-order chi connectivity index (χ0) is 18.9. The highest BCUT2D eigenvalue weighted by molar-refractivity contribution is 5.96. The fourth-order valence-corrected chi connectivity index (χ4v) is 3.85. The van der Waals surface area contributed by atoms with Gasteiger partial charge in [0.15, 0.2) is 0 Å². The van der Waals surface area contributed by atoms with Crippen LogP contribution in [0.15, 0.2) is 36.9 Å². The molecule has 1 aromatic heterocycles. The number of carbonyl (C=O) groups is 2. The molecule has 4 rings (SSSR count). The first-order valence-electron chi connectivity index (χ1n) is 9.34. The lowest BCUT2D eigenvalue weighted by atomic mass is 9.92. The number of piperidine rings is 1. The van der Waals surface area contributed by atoms with Crippen LogP contribution in [-0.4, -0.2) is 39.7 Å². The number of carbonyl (C=O) groups excluding carboxylic acids is 2. The van der Waals surface area contributed by atoms with Crippen LogP contribution in [0.1, 0.15) is 32.2 Å². The van der Waals surface area contributed by atoms with Gasteiger partial charge in [0, 0.05) is 17.3 Å². The van der Waals surface area contributed by atoms with Gasteiger partial charge in [0.05, 0.1) is 0 Å². The first-order valence-corrected chi connectivity index (χ1v) is 9.34. The second kappa shape index (κ2) is 7.11. The molecule has 1 spiro atoms. The van der Waals surface area contributed by atoms with Crippen molar-refractivity contribution in [3.05, 3.63) is 36.9 Å². The highest BCUT2D eigenvalue weighted by atomic mass is 16.2. The largest absolute Gasteiger partial charge is 0.326 e. The molecule has 0 radical (unpaired) electrons. The van der Waals surface area contributed by atoms with Crippen LogP contribution < -0.4 is 16.0 Å². The van der Waals surface area contributed by atoms with Gasteiger partial charge in [-0.15, -0.1) is 0 Å². The van der Waals surface area contributed by atoms with E-state index in [1.54, 1.807) is 19.1 Å². The number of hydrogen-bond donors (Lipinski definition) is 3. The van der Waals surface area contributed by atoms with Crippen molar-refractivity contribution in [2.24, 2.45) is 11.3 Å². The molecule has 8 heteroatoms. The van der Waals surface area contributed by atoms with Gasteiger partial charge >= 0.3 is 0 Å². The Kier molecular flexibility index (Phi) is 4.65. The molecule has 2 heterocycles. The van der Waals surface area contributed by atoms with E-state index in [1.165, 1.54) is 17.3 Å². The Labute approximate surface area is 157 Å². The summed E-state index contributed by atoms with van der Waals surface area (Å²) in [4.78, 5) is 28.6. The van der Waals surface area contributed by atoms with Crippen LogP contribution in [0.25, 0.3) is 0 Å². The number of hydrogen-bond acceptors (Lipinski definition) is 5. The second-order valence-corrected chi connectivity index (χ2v) is 7.48. The van der Waals surface area contributed by atoms with E-state index in [2.05, 4.69) is 26.0 Å². The summed E-state index contributed by atoms with van der Waals surface area (Å²) in [6.45, 7) is 3.77. The Morgan fingerprint density at radius 2 is 1.85 bits per heavy atom. The smallest absolute Gasteiger partial charge is 0.249 e. The van der Waals surface area contributed by atoms with Gasteiger partial charge in [-0.25, -0.2) is 9.67 Å². The maximum absolute atomic E-state index is 12.5. The topological polar surface area (TPSA) is 101 Å². The second-order valence-electron chi connectivity index (χ2n) is 7.48. The average Bonchev–Trinajstić information content (AvgIpc) is 3.11. The number of nitrogens with one attached hydrogen (secondary N) is 3. The van der Waals surface area contributed by atoms with Crippen molar-refractivity contribution in [2.45, 2.75) is 32.2 Å². The number of aromatic nitrogens is 3. The van der Waals surface area contributed by atoms with Gasteiger partial charge in [0.1, 0.15) is 18.7 Å². The van der Waals surface area contributed by atoms with Crippen molar-refractivity contribution in [2.75, 3.05) is 23.7 Å². The number of benzene rings is 1. The Bertz CT molecular complexity index is 811. The number of amides is 2. The predicted octanol–water partition coefficient (Wildman–Crippen LogP) is 1.81. The summed E-state index contributed by atoms with van der Waals surface area (Å²) in [7, 11) is 0. The molecule has 2 fully saturated rings. The quantitative estimate of drug-likeness (QED) is 0.747. The molecule has 142 valence electrons. The van der Waals surface area contributed by atoms with E-state index in [-0.39, 0.29) is 23.1 Å². The molecule has 0 bridgehead atoms. The molecule has 2 aliphatic rings. The highest BCUT2D eigenvalue weighted by Crippen LogP contribution is 2.58. The van der Waals surface area contributed by atoms with Gasteiger partial charge in [-0.1, -0.05) is 0 Å². The van der Waals surface area contributed by atoms with Crippen molar-refractivity contribution in [3.63, 3.8) is 0 Å². The molecular weight excluding hydrogens is 344 g/mol. The molecule has 1 saturated carbocycles. The van der Waals surface area contributed by atoms with Crippen molar-refractivity contribution < 1.29 is 9.59 Å². The van der Waals surface area contributed by atoms with Crippen molar-refractivity contribution in [1.82, 2.24) is 20.1 Å². The molecule has 1 aromatic carbocycles. The molecule has 2 amide bonds. The summed E-state index contributed by atoms with van der Waals surface area (Å²) in [5.41, 5.74) is 1.64. The Hall–Kier alpha value is -2.74. The number of anilines is 2. The van der Waals surface area contributed by atoms with Crippen LogP contribution >= 0.6 is 0 Å². The first-order chi connectivity index (χ1) is 13.1. The normalized spacial score (nSPS) is 21.4. The first kappa shape index (κ1) is 17.7. The summed E-state index contributed by atoms with van der Waals surface area (Å²) in [6, 6.07) is 6.74. The molecule has 1 aliphatic carbocycles. The minimum Gasteiger partial charge on any atom is -0.326 e. The van der Waals surface area contributed by atoms with Gasteiger partial charge in [0.2, 0.25) is 11.8 Å². The van der Waals surface area contributed by atoms with Crippen LogP contribution in [0.2, 0.25) is 0 Å². The van der Waals surface area contributed by atoms with E-state index < -0.39 is 6.04 Å². The van der Waals surface area contributed by atoms with Crippen LogP contribution in [0.4, 0.5) is 11.4 Å². The lowest BCUT2D eigenvalue weighted by Crippen LogP contribution is -2.31. The maximum Gasteiger partial charge on any atom is 0.249 e. The van der Waals surface area contributed by atoms with E-state index in [0.717, 1.165) is 38.0 Å². The average molecular weight is 368 g/mol. The van der Waals surface area contributed by atoms with E-state index in [4.69, 9.17) is 0 Å². The van der Waals surface area contributed by atoms with Gasteiger partial charge in [-0.3, -0.25) is 9.59 Å². The van der Waals surface area contributed by atoms with E-state index in [0.29, 0.717) is 5.69 Å². The van der Waals surface area contributed by atoms with Crippen molar-refractivity contribution in [1.29, 1.82) is 0 Å². The summed E-state index contributed by atoms with van der Waals surface area (Å²) in [5, 5.41) is 13.2. The van der Waals surface area contributed by atoms with Gasteiger partial charge in [-0.05, 0) is 69.0 Å². The molecule has 2 unspecified atom stereocenters. The fourth-order valence-electron chi connectivity index (χ4n) is 3.85.